The molecule has 1 saturated heterocycles. The molecule has 0 spiro atoms. The van der Waals surface area contributed by atoms with Crippen LogP contribution in [0.2, 0.25) is 0 Å². The minimum absolute atomic E-state index is 0.0135. The number of anilines is 1. The van der Waals surface area contributed by atoms with Gasteiger partial charge in [0.25, 0.3) is 0 Å². The van der Waals surface area contributed by atoms with Gasteiger partial charge in [-0.25, -0.2) is 0 Å². The van der Waals surface area contributed by atoms with Crippen molar-refractivity contribution in [3.8, 4) is 0 Å². The summed E-state index contributed by atoms with van der Waals surface area (Å²) in [5.41, 5.74) is 0.838. The summed E-state index contributed by atoms with van der Waals surface area (Å²) in [6.07, 6.45) is 3.20. The first-order chi connectivity index (χ1) is 9.63. The summed E-state index contributed by atoms with van der Waals surface area (Å²) in [6.45, 7) is 3.84. The lowest BCUT2D eigenvalue weighted by Crippen LogP contribution is -2.63. The molecule has 2 unspecified atom stereocenters. The van der Waals surface area contributed by atoms with E-state index in [1.807, 2.05) is 44.4 Å². The van der Waals surface area contributed by atoms with Crippen molar-refractivity contribution in [2.45, 2.75) is 43.7 Å². The minimum atomic E-state index is -0.418. The summed E-state index contributed by atoms with van der Waals surface area (Å²) in [5.74, 6) is -0.0738. The number of para-hydroxylation sites is 1. The van der Waals surface area contributed by atoms with Gasteiger partial charge in [0.05, 0.1) is 5.69 Å². The van der Waals surface area contributed by atoms with Gasteiger partial charge in [0.15, 0.2) is 0 Å². The second-order valence-electron chi connectivity index (χ2n) is 4.77. The van der Waals surface area contributed by atoms with Crippen molar-refractivity contribution in [2.75, 3.05) is 11.2 Å². The molecular formula is C15H20N2O2S. The molecule has 108 valence electrons. The van der Waals surface area contributed by atoms with Crippen molar-refractivity contribution < 1.29 is 9.59 Å². The van der Waals surface area contributed by atoms with E-state index >= 15 is 0 Å². The Morgan fingerprint density at radius 1 is 1.20 bits per heavy atom. The number of carbonyl (C=O) groups excluding carboxylic acids is 2. The van der Waals surface area contributed by atoms with E-state index in [9.17, 15) is 9.59 Å². The van der Waals surface area contributed by atoms with Crippen LogP contribution < -0.4 is 10.2 Å². The molecule has 4 nitrogen and oxygen atoms in total. The van der Waals surface area contributed by atoms with Crippen molar-refractivity contribution in [1.82, 2.24) is 5.32 Å². The maximum absolute atomic E-state index is 12.6. The molecule has 20 heavy (non-hydrogen) atoms. The fourth-order valence-electron chi connectivity index (χ4n) is 2.53. The molecule has 1 aromatic rings. The molecule has 1 aliphatic rings. The number of piperazine rings is 1. The molecule has 0 saturated carbocycles. The van der Waals surface area contributed by atoms with Gasteiger partial charge in [-0.05, 0) is 31.2 Å². The number of hydrogen-bond donors (Lipinski definition) is 1. The van der Waals surface area contributed by atoms with Crippen LogP contribution in [0.15, 0.2) is 29.2 Å². The molecule has 5 heteroatoms. The number of nitrogens with one attached hydrogen (secondary N) is 1. The van der Waals surface area contributed by atoms with Crippen molar-refractivity contribution in [2.24, 2.45) is 0 Å². The number of nitrogens with zero attached hydrogens (tertiary/aromatic N) is 1. The van der Waals surface area contributed by atoms with Crippen LogP contribution in [0.25, 0.3) is 0 Å². The zero-order valence-corrected chi connectivity index (χ0v) is 12.9. The van der Waals surface area contributed by atoms with Gasteiger partial charge in [-0.15, -0.1) is 11.8 Å². The van der Waals surface area contributed by atoms with E-state index in [4.69, 9.17) is 0 Å². The van der Waals surface area contributed by atoms with Gasteiger partial charge in [0.1, 0.15) is 12.1 Å². The normalized spacial score (nSPS) is 22.9. The Kier molecular flexibility index (Phi) is 4.70. The first kappa shape index (κ1) is 14.9. The predicted molar refractivity (Wildman–Crippen MR) is 82.0 cm³/mol. The smallest absolute Gasteiger partial charge is 0.250 e. The number of benzene rings is 1. The Hall–Kier alpha value is -1.49. The zero-order chi connectivity index (χ0) is 14.7. The molecule has 2 rings (SSSR count). The number of hydrogen-bond acceptors (Lipinski definition) is 3. The lowest BCUT2D eigenvalue weighted by atomic mass is 10.0. The third kappa shape index (κ3) is 2.54. The fraction of sp³-hybridized carbons (Fsp3) is 0.467. The first-order valence-corrected chi connectivity index (χ1v) is 8.12. The summed E-state index contributed by atoms with van der Waals surface area (Å²) >= 11 is 1.59. The summed E-state index contributed by atoms with van der Waals surface area (Å²) < 4.78 is 0. The van der Waals surface area contributed by atoms with Gasteiger partial charge in [-0.3, -0.25) is 14.5 Å². The van der Waals surface area contributed by atoms with Crippen LogP contribution in [0.1, 0.15) is 26.7 Å². The third-order valence-electron chi connectivity index (χ3n) is 3.61. The Bertz CT molecular complexity index is 518. The van der Waals surface area contributed by atoms with Crippen LogP contribution in [-0.4, -0.2) is 30.2 Å². The van der Waals surface area contributed by atoms with E-state index < -0.39 is 12.1 Å². The summed E-state index contributed by atoms with van der Waals surface area (Å²) in [5, 5.41) is 2.82. The molecular weight excluding hydrogens is 272 g/mol. The highest BCUT2D eigenvalue weighted by Crippen LogP contribution is 2.32. The highest BCUT2D eigenvalue weighted by Gasteiger charge is 2.40. The SMILES string of the molecule is CCC1NC(=O)C(CC)N(c2ccccc2SC)C1=O. The van der Waals surface area contributed by atoms with Gasteiger partial charge in [-0.1, -0.05) is 26.0 Å². The monoisotopic (exact) mass is 292 g/mol. The second kappa shape index (κ2) is 6.31. The largest absolute Gasteiger partial charge is 0.342 e. The molecule has 1 aromatic carbocycles. The van der Waals surface area contributed by atoms with E-state index in [2.05, 4.69) is 5.32 Å². The van der Waals surface area contributed by atoms with Crippen LogP contribution in [0.5, 0.6) is 0 Å². The Balaban J connectivity index is 2.48. The predicted octanol–water partition coefficient (Wildman–Crippen LogP) is 2.43. The maximum Gasteiger partial charge on any atom is 0.250 e. The van der Waals surface area contributed by atoms with Crippen LogP contribution in [0, 0.1) is 0 Å². The van der Waals surface area contributed by atoms with Gasteiger partial charge in [-0.2, -0.15) is 0 Å². The highest BCUT2D eigenvalue weighted by atomic mass is 32.2. The summed E-state index contributed by atoms with van der Waals surface area (Å²) in [4.78, 5) is 27.6. The van der Waals surface area contributed by atoms with Gasteiger partial charge >= 0.3 is 0 Å². The van der Waals surface area contributed by atoms with E-state index in [1.54, 1.807) is 16.7 Å². The van der Waals surface area contributed by atoms with Gasteiger partial charge in [0, 0.05) is 4.90 Å². The highest BCUT2D eigenvalue weighted by molar-refractivity contribution is 7.98. The Morgan fingerprint density at radius 3 is 2.50 bits per heavy atom. The zero-order valence-electron chi connectivity index (χ0n) is 12.1. The molecule has 1 heterocycles. The lowest BCUT2D eigenvalue weighted by Gasteiger charge is -2.39. The van der Waals surface area contributed by atoms with Crippen molar-refractivity contribution in [3.63, 3.8) is 0 Å². The molecule has 2 atom stereocenters. The van der Waals surface area contributed by atoms with Crippen LogP contribution in [-0.2, 0) is 9.59 Å². The van der Waals surface area contributed by atoms with Crippen LogP contribution >= 0.6 is 11.8 Å². The standard InChI is InChI=1S/C15H20N2O2S/c1-4-10-15(19)17(11(5-2)14(18)16-10)12-8-6-7-9-13(12)20-3/h6-11H,4-5H2,1-3H3,(H,16,18). The van der Waals surface area contributed by atoms with Gasteiger partial charge in [0.2, 0.25) is 11.8 Å². The van der Waals surface area contributed by atoms with E-state index in [0.29, 0.717) is 12.8 Å². The molecule has 1 aliphatic heterocycles. The average molecular weight is 292 g/mol. The molecule has 0 bridgehead atoms. The van der Waals surface area contributed by atoms with Crippen LogP contribution in [0.4, 0.5) is 5.69 Å². The molecule has 1 fully saturated rings. The maximum atomic E-state index is 12.6. The molecule has 0 aliphatic carbocycles. The quantitative estimate of drug-likeness (QED) is 0.867. The van der Waals surface area contributed by atoms with E-state index in [1.165, 1.54) is 0 Å². The van der Waals surface area contributed by atoms with Crippen molar-refractivity contribution in [1.29, 1.82) is 0 Å². The first-order valence-electron chi connectivity index (χ1n) is 6.90. The molecule has 2 amide bonds. The summed E-state index contributed by atoms with van der Waals surface area (Å²) in [6, 6.07) is 6.91. The third-order valence-corrected chi connectivity index (χ3v) is 4.39. The van der Waals surface area contributed by atoms with E-state index in [0.717, 1.165) is 10.6 Å². The number of rotatable bonds is 4. The second-order valence-corrected chi connectivity index (χ2v) is 5.62. The lowest BCUT2D eigenvalue weighted by molar-refractivity contribution is -0.134. The molecule has 0 aromatic heterocycles. The number of amides is 2. The van der Waals surface area contributed by atoms with Crippen molar-refractivity contribution >= 4 is 29.3 Å². The average Bonchev–Trinajstić information content (AvgIpc) is 2.48. The topological polar surface area (TPSA) is 49.4 Å². The Morgan fingerprint density at radius 2 is 1.90 bits per heavy atom. The number of thioether (sulfide) groups is 1. The molecule has 0 radical (unpaired) electrons. The molecule has 1 N–H and O–H groups in total. The van der Waals surface area contributed by atoms with Crippen LogP contribution in [0.3, 0.4) is 0 Å². The van der Waals surface area contributed by atoms with Crippen molar-refractivity contribution in [3.05, 3.63) is 24.3 Å². The number of carbonyl (C=O) groups is 2. The summed E-state index contributed by atoms with van der Waals surface area (Å²) in [7, 11) is 0. The fourth-order valence-corrected chi connectivity index (χ4v) is 3.12. The van der Waals surface area contributed by atoms with E-state index in [-0.39, 0.29) is 11.8 Å². The van der Waals surface area contributed by atoms with Gasteiger partial charge < -0.3 is 5.32 Å². The Labute approximate surface area is 123 Å². The minimum Gasteiger partial charge on any atom is -0.342 e.